The van der Waals surface area contributed by atoms with Gasteiger partial charge in [0.1, 0.15) is 17.5 Å². The molecule has 0 aliphatic heterocycles. The highest BCUT2D eigenvalue weighted by Crippen LogP contribution is 2.39. The number of rotatable bonds is 0. The van der Waals surface area contributed by atoms with E-state index >= 15 is 0 Å². The minimum atomic E-state index is 0.765. The molecule has 100 valence electrons. The molecule has 0 fully saturated rings. The van der Waals surface area contributed by atoms with Gasteiger partial charge in [0.25, 0.3) is 0 Å². The van der Waals surface area contributed by atoms with Gasteiger partial charge in [0, 0.05) is 4.88 Å². The van der Waals surface area contributed by atoms with Gasteiger partial charge in [0.15, 0.2) is 5.65 Å². The van der Waals surface area contributed by atoms with Crippen molar-refractivity contribution in [3.8, 4) is 0 Å². The van der Waals surface area contributed by atoms with Crippen molar-refractivity contribution in [3.05, 3.63) is 23.1 Å². The fourth-order valence-electron chi connectivity index (χ4n) is 3.22. The maximum absolute atomic E-state index is 4.31. The van der Waals surface area contributed by atoms with E-state index in [1.807, 2.05) is 15.7 Å². The molecule has 4 aromatic heterocycles. The highest BCUT2D eigenvalue weighted by molar-refractivity contribution is 7.19. The summed E-state index contributed by atoms with van der Waals surface area (Å²) < 4.78 is 3.99. The molecule has 0 spiro atoms. The molecular weight excluding hydrogens is 272 g/mol. The van der Waals surface area contributed by atoms with Crippen LogP contribution in [0.4, 0.5) is 0 Å². The average molecular weight is 284 g/mol. The maximum Gasteiger partial charge on any atom is 0.243 e. The number of hydrogen-bond donors (Lipinski definition) is 0. The van der Waals surface area contributed by atoms with Crippen LogP contribution in [0, 0.1) is 5.92 Å². The number of aromatic nitrogens is 6. The van der Waals surface area contributed by atoms with E-state index < -0.39 is 0 Å². The van der Waals surface area contributed by atoms with Gasteiger partial charge in [-0.05, 0) is 30.7 Å². The van der Waals surface area contributed by atoms with Crippen molar-refractivity contribution < 1.29 is 0 Å². The maximum atomic E-state index is 4.31. The summed E-state index contributed by atoms with van der Waals surface area (Å²) in [7, 11) is 0. The lowest BCUT2D eigenvalue weighted by molar-refractivity contribution is 0.509. The first-order valence-corrected chi connectivity index (χ1v) is 7.60. The minimum absolute atomic E-state index is 0.765. The smallest absolute Gasteiger partial charge is 0.243 e. The zero-order valence-electron chi connectivity index (χ0n) is 10.9. The van der Waals surface area contributed by atoms with Crippen molar-refractivity contribution in [3.63, 3.8) is 0 Å². The second-order valence-corrected chi connectivity index (χ2v) is 6.64. The van der Waals surface area contributed by atoms with Gasteiger partial charge < -0.3 is 0 Å². The van der Waals surface area contributed by atoms with E-state index in [2.05, 4.69) is 31.7 Å². The fourth-order valence-corrected chi connectivity index (χ4v) is 4.70. The summed E-state index contributed by atoms with van der Waals surface area (Å²) in [4.78, 5) is 2.69. The van der Waals surface area contributed by atoms with E-state index in [0.29, 0.717) is 0 Å². The first kappa shape index (κ1) is 10.7. The summed E-state index contributed by atoms with van der Waals surface area (Å²) >= 11 is 1.86. The first-order chi connectivity index (χ1) is 9.83. The molecule has 0 aromatic carbocycles. The SMILES string of the molecule is CC1CCc2c(sc3c2c2nncn2c2nncn32)C1. The molecule has 0 amide bonds. The van der Waals surface area contributed by atoms with Gasteiger partial charge in [-0.15, -0.1) is 31.7 Å². The summed E-state index contributed by atoms with van der Waals surface area (Å²) in [6.07, 6.45) is 7.04. The quantitative estimate of drug-likeness (QED) is 0.496. The minimum Gasteiger partial charge on any atom is -0.257 e. The molecule has 1 atom stereocenters. The Hall–Kier alpha value is -2.02. The van der Waals surface area contributed by atoms with Crippen LogP contribution in [0.15, 0.2) is 12.7 Å². The standard InChI is InChI=1S/C13H12N6S/c1-7-2-3-8-9(4-7)20-12-10(8)11-16-14-5-18(11)13-17-15-6-19(12)13/h5-7H,2-4H2,1H3. The Morgan fingerprint density at radius 3 is 3.00 bits per heavy atom. The average Bonchev–Trinajstić information content (AvgIpc) is 3.14. The van der Waals surface area contributed by atoms with Crippen LogP contribution in [0.1, 0.15) is 23.8 Å². The van der Waals surface area contributed by atoms with Gasteiger partial charge >= 0.3 is 0 Å². The molecule has 0 radical (unpaired) electrons. The zero-order chi connectivity index (χ0) is 13.3. The Bertz CT molecular complexity index is 962. The lowest BCUT2D eigenvalue weighted by atomic mass is 9.89. The molecule has 1 unspecified atom stereocenters. The largest absolute Gasteiger partial charge is 0.257 e. The molecule has 7 heteroatoms. The molecule has 5 rings (SSSR count). The van der Waals surface area contributed by atoms with Crippen molar-refractivity contribution in [1.29, 1.82) is 0 Å². The predicted octanol–water partition coefficient (Wildman–Crippen LogP) is 2.11. The molecule has 0 N–H and O–H groups in total. The third-order valence-corrected chi connectivity index (χ3v) is 5.48. The van der Waals surface area contributed by atoms with Crippen molar-refractivity contribution >= 4 is 33.0 Å². The Morgan fingerprint density at radius 1 is 1.20 bits per heavy atom. The van der Waals surface area contributed by atoms with Crippen LogP contribution >= 0.6 is 11.3 Å². The van der Waals surface area contributed by atoms with Gasteiger partial charge in [0.2, 0.25) is 5.78 Å². The van der Waals surface area contributed by atoms with Crippen molar-refractivity contribution in [2.75, 3.05) is 0 Å². The Morgan fingerprint density at radius 2 is 2.05 bits per heavy atom. The Balaban J connectivity index is 2.05. The van der Waals surface area contributed by atoms with Crippen LogP contribution in [0.3, 0.4) is 0 Å². The number of thiophene rings is 1. The molecule has 1 aliphatic carbocycles. The summed E-state index contributed by atoms with van der Waals surface area (Å²) in [5.41, 5.74) is 2.37. The molecule has 0 bridgehead atoms. The summed E-state index contributed by atoms with van der Waals surface area (Å²) in [5.74, 6) is 1.55. The lowest BCUT2D eigenvalue weighted by Crippen LogP contribution is -2.08. The molecule has 0 saturated carbocycles. The van der Waals surface area contributed by atoms with E-state index in [-0.39, 0.29) is 0 Å². The summed E-state index contributed by atoms with van der Waals surface area (Å²) in [5, 5.41) is 17.9. The molecule has 0 saturated heterocycles. The Labute approximate surface area is 118 Å². The third kappa shape index (κ3) is 1.19. The topological polar surface area (TPSA) is 60.4 Å². The first-order valence-electron chi connectivity index (χ1n) is 6.78. The van der Waals surface area contributed by atoms with Crippen molar-refractivity contribution in [2.45, 2.75) is 26.2 Å². The van der Waals surface area contributed by atoms with Gasteiger partial charge in [-0.2, -0.15) is 0 Å². The fraction of sp³-hybridized carbons (Fsp3) is 0.385. The van der Waals surface area contributed by atoms with E-state index in [0.717, 1.165) is 23.8 Å². The normalized spacial score (nSPS) is 19.1. The monoisotopic (exact) mass is 284 g/mol. The predicted molar refractivity (Wildman–Crippen MR) is 76.1 cm³/mol. The molecular formula is C13H12N6S. The van der Waals surface area contributed by atoms with Crippen molar-refractivity contribution in [1.82, 2.24) is 29.2 Å². The summed E-state index contributed by atoms with van der Waals surface area (Å²) in [6, 6.07) is 0. The molecule has 4 heterocycles. The van der Waals surface area contributed by atoms with Gasteiger partial charge in [0.05, 0.1) is 5.39 Å². The van der Waals surface area contributed by atoms with Gasteiger partial charge in [-0.1, -0.05) is 6.92 Å². The van der Waals surface area contributed by atoms with E-state index in [4.69, 9.17) is 0 Å². The number of nitrogens with zero attached hydrogens (tertiary/aromatic N) is 6. The zero-order valence-corrected chi connectivity index (χ0v) is 11.8. The van der Waals surface area contributed by atoms with Gasteiger partial charge in [-0.3, -0.25) is 4.40 Å². The third-order valence-electron chi connectivity index (χ3n) is 4.23. The van der Waals surface area contributed by atoms with Crippen LogP contribution in [0.2, 0.25) is 0 Å². The molecule has 6 nitrogen and oxygen atoms in total. The number of fused-ring (bicyclic) bond motifs is 8. The van der Waals surface area contributed by atoms with E-state index in [1.54, 1.807) is 12.7 Å². The Kier molecular flexibility index (Phi) is 1.90. The highest BCUT2D eigenvalue weighted by atomic mass is 32.1. The van der Waals surface area contributed by atoms with Crippen LogP contribution in [0.25, 0.3) is 21.6 Å². The van der Waals surface area contributed by atoms with Crippen LogP contribution in [0.5, 0.6) is 0 Å². The van der Waals surface area contributed by atoms with Crippen LogP contribution < -0.4 is 0 Å². The molecule has 1 aliphatic rings. The number of aryl methyl sites for hydroxylation is 1. The summed E-state index contributed by atoms with van der Waals surface area (Å²) in [6.45, 7) is 2.33. The number of hydrogen-bond acceptors (Lipinski definition) is 5. The van der Waals surface area contributed by atoms with Crippen LogP contribution in [-0.4, -0.2) is 29.2 Å². The second kappa shape index (κ2) is 3.54. The highest BCUT2D eigenvalue weighted by Gasteiger charge is 2.24. The molecule has 4 aromatic rings. The van der Waals surface area contributed by atoms with Crippen LogP contribution in [-0.2, 0) is 12.8 Å². The van der Waals surface area contributed by atoms with E-state index in [1.165, 1.54) is 33.5 Å². The van der Waals surface area contributed by atoms with Crippen molar-refractivity contribution in [2.24, 2.45) is 5.92 Å². The second-order valence-electron chi connectivity index (χ2n) is 5.56. The lowest BCUT2D eigenvalue weighted by Gasteiger charge is -2.17. The van der Waals surface area contributed by atoms with E-state index in [9.17, 15) is 0 Å². The molecule has 20 heavy (non-hydrogen) atoms. The van der Waals surface area contributed by atoms with Gasteiger partial charge in [-0.25, -0.2) is 4.40 Å².